The fourth-order valence-corrected chi connectivity index (χ4v) is 4.63. The maximum Gasteiger partial charge on any atom is 0.0312 e. The van der Waals surface area contributed by atoms with Crippen molar-refractivity contribution < 1.29 is 0 Å². The van der Waals surface area contributed by atoms with E-state index >= 15 is 0 Å². The van der Waals surface area contributed by atoms with Gasteiger partial charge in [-0.15, -0.1) is 0 Å². The highest BCUT2D eigenvalue weighted by molar-refractivity contribution is 5.37. The summed E-state index contributed by atoms with van der Waals surface area (Å²) in [5, 5.41) is 0. The fourth-order valence-electron chi connectivity index (χ4n) is 4.63. The molecule has 1 aliphatic rings. The van der Waals surface area contributed by atoms with Crippen molar-refractivity contribution in [2.24, 2.45) is 17.6 Å². The van der Waals surface area contributed by atoms with Crippen LogP contribution in [0.15, 0.2) is 36.7 Å². The number of hydrogen-bond donors (Lipinski definition) is 1. The van der Waals surface area contributed by atoms with Gasteiger partial charge in [-0.3, -0.25) is 9.88 Å². The van der Waals surface area contributed by atoms with Gasteiger partial charge in [0, 0.05) is 32.0 Å². The van der Waals surface area contributed by atoms with Gasteiger partial charge < -0.3 is 5.73 Å². The molecule has 0 saturated heterocycles. The summed E-state index contributed by atoms with van der Waals surface area (Å²) in [5.74, 6) is 1.53. The van der Waals surface area contributed by atoms with Crippen molar-refractivity contribution in [1.29, 1.82) is 0 Å². The summed E-state index contributed by atoms with van der Waals surface area (Å²) in [6, 6.07) is 8.87. The number of hydrogen-bond acceptors (Lipinski definition) is 3. The van der Waals surface area contributed by atoms with E-state index in [2.05, 4.69) is 48.9 Å². The minimum atomic E-state index is 0.745. The van der Waals surface area contributed by atoms with Crippen molar-refractivity contribution in [3.63, 3.8) is 0 Å². The second kappa shape index (κ2) is 9.48. The van der Waals surface area contributed by atoms with E-state index in [-0.39, 0.29) is 0 Å². The number of rotatable bonds is 7. The molecule has 146 valence electrons. The smallest absolute Gasteiger partial charge is 0.0312 e. The van der Waals surface area contributed by atoms with Gasteiger partial charge in [0.05, 0.1) is 0 Å². The molecule has 2 N–H and O–H groups in total. The van der Waals surface area contributed by atoms with Gasteiger partial charge in [0.25, 0.3) is 0 Å². The maximum absolute atomic E-state index is 5.88. The molecule has 0 aliphatic heterocycles. The molecule has 3 nitrogen and oxygen atoms in total. The number of nitrogens with two attached hydrogens (primary N) is 1. The van der Waals surface area contributed by atoms with Crippen LogP contribution in [0.1, 0.15) is 53.5 Å². The summed E-state index contributed by atoms with van der Waals surface area (Å²) < 4.78 is 0. The monoisotopic (exact) mass is 365 g/mol. The Kier molecular flexibility index (Phi) is 7.03. The molecule has 1 aromatic heterocycles. The molecule has 1 aromatic carbocycles. The molecule has 0 amide bonds. The lowest BCUT2D eigenvalue weighted by atomic mass is 9.81. The average Bonchev–Trinajstić information content (AvgIpc) is 2.66. The van der Waals surface area contributed by atoms with E-state index in [1.165, 1.54) is 60.0 Å². The highest BCUT2D eigenvalue weighted by Crippen LogP contribution is 2.30. The van der Waals surface area contributed by atoms with Gasteiger partial charge in [-0.05, 0) is 93.2 Å². The summed E-state index contributed by atoms with van der Waals surface area (Å²) in [6.07, 6.45) is 9.09. The van der Waals surface area contributed by atoms with E-state index in [1.54, 1.807) is 0 Å². The Hall–Kier alpha value is -1.71. The molecule has 1 aliphatic carbocycles. The Morgan fingerprint density at radius 1 is 1.00 bits per heavy atom. The van der Waals surface area contributed by atoms with Crippen molar-refractivity contribution in [1.82, 2.24) is 9.88 Å². The van der Waals surface area contributed by atoms with Crippen LogP contribution in [-0.4, -0.2) is 23.0 Å². The highest BCUT2D eigenvalue weighted by atomic mass is 15.1. The van der Waals surface area contributed by atoms with Gasteiger partial charge in [-0.1, -0.05) is 23.8 Å². The van der Waals surface area contributed by atoms with E-state index in [4.69, 9.17) is 5.73 Å². The van der Waals surface area contributed by atoms with E-state index in [1.807, 2.05) is 18.5 Å². The summed E-state index contributed by atoms with van der Waals surface area (Å²) >= 11 is 0. The Morgan fingerprint density at radius 3 is 2.26 bits per heavy atom. The lowest BCUT2D eigenvalue weighted by Gasteiger charge is -2.33. The molecule has 0 atom stereocenters. The number of benzene rings is 1. The van der Waals surface area contributed by atoms with Gasteiger partial charge >= 0.3 is 0 Å². The number of aryl methyl sites for hydroxylation is 3. The summed E-state index contributed by atoms with van der Waals surface area (Å²) in [7, 11) is 0. The normalized spacial score (nSPS) is 20.2. The van der Waals surface area contributed by atoms with E-state index in [0.29, 0.717) is 0 Å². The van der Waals surface area contributed by atoms with Crippen molar-refractivity contribution in [3.05, 3.63) is 64.5 Å². The standard InChI is InChI=1S/C24H35N3/c1-18-11-19(2)24(20(3)12-18)17-27(16-23-5-4-10-26-14-23)15-22-8-6-21(13-25)7-9-22/h4-5,10-12,14,21-22H,6-9,13,15-17,25H2,1-3H3. The topological polar surface area (TPSA) is 42.2 Å². The van der Waals surface area contributed by atoms with Crippen molar-refractivity contribution in [2.45, 2.75) is 59.5 Å². The average molecular weight is 366 g/mol. The predicted molar refractivity (Wildman–Crippen MR) is 114 cm³/mol. The first-order chi connectivity index (χ1) is 13.0. The Balaban J connectivity index is 1.74. The summed E-state index contributed by atoms with van der Waals surface area (Å²) in [6.45, 7) is 10.7. The van der Waals surface area contributed by atoms with Gasteiger partial charge in [0.1, 0.15) is 0 Å². The van der Waals surface area contributed by atoms with Gasteiger partial charge in [0.2, 0.25) is 0 Å². The Labute approximate surface area is 165 Å². The molecule has 1 fully saturated rings. The third-order valence-electron chi connectivity index (χ3n) is 6.17. The van der Waals surface area contributed by atoms with Crippen LogP contribution in [0.5, 0.6) is 0 Å². The van der Waals surface area contributed by atoms with Crippen LogP contribution in [0, 0.1) is 32.6 Å². The lowest BCUT2D eigenvalue weighted by Crippen LogP contribution is -2.32. The fraction of sp³-hybridized carbons (Fsp3) is 0.542. The maximum atomic E-state index is 5.88. The summed E-state index contributed by atoms with van der Waals surface area (Å²) in [5.41, 5.74) is 12.8. The summed E-state index contributed by atoms with van der Waals surface area (Å²) in [4.78, 5) is 6.95. The van der Waals surface area contributed by atoms with Crippen LogP contribution < -0.4 is 5.73 Å². The number of aromatic nitrogens is 1. The first-order valence-electron chi connectivity index (χ1n) is 10.4. The van der Waals surface area contributed by atoms with Crippen LogP contribution in [0.25, 0.3) is 0 Å². The molecule has 0 bridgehead atoms. The van der Waals surface area contributed by atoms with E-state index in [9.17, 15) is 0 Å². The van der Waals surface area contributed by atoms with Crippen LogP contribution in [0.2, 0.25) is 0 Å². The number of pyridine rings is 1. The molecule has 3 rings (SSSR count). The largest absolute Gasteiger partial charge is 0.330 e. The zero-order valence-corrected chi connectivity index (χ0v) is 17.2. The molecular weight excluding hydrogens is 330 g/mol. The quantitative estimate of drug-likeness (QED) is 0.768. The Morgan fingerprint density at radius 2 is 1.67 bits per heavy atom. The van der Waals surface area contributed by atoms with Crippen molar-refractivity contribution >= 4 is 0 Å². The third-order valence-corrected chi connectivity index (χ3v) is 6.17. The second-order valence-corrected chi connectivity index (χ2v) is 8.53. The zero-order chi connectivity index (χ0) is 19.2. The number of nitrogens with zero attached hydrogens (tertiary/aromatic N) is 2. The molecule has 0 radical (unpaired) electrons. The van der Waals surface area contributed by atoms with E-state index < -0.39 is 0 Å². The lowest BCUT2D eigenvalue weighted by molar-refractivity contribution is 0.169. The molecule has 0 spiro atoms. The minimum absolute atomic E-state index is 0.745. The molecule has 0 unspecified atom stereocenters. The van der Waals surface area contributed by atoms with Gasteiger partial charge in [-0.2, -0.15) is 0 Å². The SMILES string of the molecule is Cc1cc(C)c(CN(Cc2cccnc2)CC2CCC(CN)CC2)c(C)c1. The highest BCUT2D eigenvalue weighted by Gasteiger charge is 2.23. The minimum Gasteiger partial charge on any atom is -0.330 e. The van der Waals surface area contributed by atoms with Crippen molar-refractivity contribution in [2.75, 3.05) is 13.1 Å². The van der Waals surface area contributed by atoms with Gasteiger partial charge in [0.15, 0.2) is 0 Å². The molecule has 1 saturated carbocycles. The molecule has 27 heavy (non-hydrogen) atoms. The van der Waals surface area contributed by atoms with E-state index in [0.717, 1.165) is 31.5 Å². The van der Waals surface area contributed by atoms with Crippen LogP contribution in [-0.2, 0) is 13.1 Å². The first-order valence-corrected chi connectivity index (χ1v) is 10.4. The van der Waals surface area contributed by atoms with Crippen LogP contribution in [0.4, 0.5) is 0 Å². The second-order valence-electron chi connectivity index (χ2n) is 8.53. The third kappa shape index (κ3) is 5.63. The molecule has 2 aromatic rings. The zero-order valence-electron chi connectivity index (χ0n) is 17.2. The van der Waals surface area contributed by atoms with Crippen LogP contribution in [0.3, 0.4) is 0 Å². The predicted octanol–water partition coefficient (Wildman–Crippen LogP) is 4.77. The van der Waals surface area contributed by atoms with Crippen LogP contribution >= 0.6 is 0 Å². The molecule has 3 heteroatoms. The Bertz CT molecular complexity index is 695. The van der Waals surface area contributed by atoms with Crippen molar-refractivity contribution in [3.8, 4) is 0 Å². The molecule has 1 heterocycles. The molecular formula is C24H35N3. The van der Waals surface area contributed by atoms with Gasteiger partial charge in [-0.25, -0.2) is 0 Å². The first kappa shape index (κ1) is 20.0.